The van der Waals surface area contributed by atoms with Gasteiger partial charge in [-0.3, -0.25) is 15.1 Å². The Labute approximate surface area is 166 Å². The van der Waals surface area contributed by atoms with Gasteiger partial charge in [0.2, 0.25) is 11.1 Å². The third-order valence-electron chi connectivity index (χ3n) is 4.95. The van der Waals surface area contributed by atoms with Gasteiger partial charge >= 0.3 is 0 Å². The summed E-state index contributed by atoms with van der Waals surface area (Å²) in [5.41, 5.74) is 1.85. The van der Waals surface area contributed by atoms with E-state index in [9.17, 15) is 4.79 Å². The third-order valence-corrected chi connectivity index (χ3v) is 5.95. The normalized spacial score (nSPS) is 16.4. The number of amides is 1. The van der Waals surface area contributed by atoms with Crippen LogP contribution in [0.2, 0.25) is 0 Å². The summed E-state index contributed by atoms with van der Waals surface area (Å²) in [7, 11) is 0. The van der Waals surface area contributed by atoms with Crippen LogP contribution < -0.4 is 10.2 Å². The maximum Gasteiger partial charge on any atom is 0.261 e. The molecule has 3 aromatic heterocycles. The molecule has 2 aliphatic rings. The molecule has 2 fully saturated rings. The van der Waals surface area contributed by atoms with Crippen molar-refractivity contribution in [3.8, 4) is 11.3 Å². The van der Waals surface area contributed by atoms with Crippen LogP contribution >= 0.6 is 11.3 Å². The van der Waals surface area contributed by atoms with Gasteiger partial charge in [0.15, 0.2) is 0 Å². The summed E-state index contributed by atoms with van der Waals surface area (Å²) in [6, 6.07) is 3.70. The summed E-state index contributed by atoms with van der Waals surface area (Å²) in [6.45, 7) is 1.88. The lowest BCUT2D eigenvalue weighted by Gasteiger charge is -2.17. The highest BCUT2D eigenvalue weighted by molar-refractivity contribution is 7.15. The van der Waals surface area contributed by atoms with Crippen LogP contribution in [0.1, 0.15) is 47.0 Å². The molecule has 28 heavy (non-hydrogen) atoms. The summed E-state index contributed by atoms with van der Waals surface area (Å²) in [5, 5.41) is 12.6. The molecular formula is C19H19N7OS. The van der Waals surface area contributed by atoms with Gasteiger partial charge in [-0.05, 0) is 37.8 Å². The molecule has 1 aliphatic carbocycles. The van der Waals surface area contributed by atoms with E-state index in [0.29, 0.717) is 28.3 Å². The average molecular weight is 393 g/mol. The van der Waals surface area contributed by atoms with Gasteiger partial charge < -0.3 is 4.90 Å². The molecule has 1 N–H and O–H groups in total. The Balaban J connectivity index is 1.47. The van der Waals surface area contributed by atoms with Gasteiger partial charge in [0.1, 0.15) is 5.01 Å². The van der Waals surface area contributed by atoms with Crippen LogP contribution in [0.3, 0.4) is 0 Å². The number of nitrogens with zero attached hydrogens (tertiary/aromatic N) is 6. The highest BCUT2D eigenvalue weighted by Crippen LogP contribution is 2.42. The number of hydrogen-bond acceptors (Lipinski definition) is 8. The van der Waals surface area contributed by atoms with E-state index < -0.39 is 0 Å². The molecule has 0 radical (unpaired) electrons. The zero-order valence-electron chi connectivity index (χ0n) is 15.2. The zero-order valence-corrected chi connectivity index (χ0v) is 16.0. The van der Waals surface area contributed by atoms with Gasteiger partial charge in [0, 0.05) is 43.2 Å². The fourth-order valence-corrected chi connectivity index (χ4v) is 4.19. The van der Waals surface area contributed by atoms with Crippen LogP contribution in [-0.4, -0.2) is 44.1 Å². The maximum atomic E-state index is 13.0. The predicted molar refractivity (Wildman–Crippen MR) is 107 cm³/mol. The fraction of sp³-hybridized carbons (Fsp3) is 0.368. The van der Waals surface area contributed by atoms with Crippen LogP contribution in [0.15, 0.2) is 30.7 Å². The van der Waals surface area contributed by atoms with Crippen LogP contribution in [0.25, 0.3) is 11.3 Å². The Morgan fingerprint density at radius 3 is 2.68 bits per heavy atom. The first-order chi connectivity index (χ1) is 13.8. The van der Waals surface area contributed by atoms with Crippen molar-refractivity contribution in [3.63, 3.8) is 0 Å². The Bertz CT molecular complexity index is 997. The lowest BCUT2D eigenvalue weighted by molar-refractivity contribution is 0.102. The standard InChI is InChI=1S/C19H19N7OS/c27-16(23-19-25-24-17(28-19)13-3-4-13)14-11-21-18(26-9-1-2-10-26)22-15(14)12-5-7-20-8-6-12/h5-8,11,13H,1-4,9-10H2,(H,23,25,27). The molecule has 0 atom stereocenters. The second-order valence-electron chi connectivity index (χ2n) is 7.04. The molecule has 5 rings (SSSR count). The number of aromatic nitrogens is 5. The summed E-state index contributed by atoms with van der Waals surface area (Å²) >= 11 is 1.44. The molecule has 0 aromatic carbocycles. The topological polar surface area (TPSA) is 96.8 Å². The number of pyridine rings is 1. The molecule has 1 aliphatic heterocycles. The van der Waals surface area contributed by atoms with Crippen molar-refractivity contribution >= 4 is 28.3 Å². The van der Waals surface area contributed by atoms with Crippen molar-refractivity contribution in [2.45, 2.75) is 31.6 Å². The molecule has 9 heteroatoms. The average Bonchev–Trinajstić information content (AvgIpc) is 3.24. The molecule has 3 aromatic rings. The van der Waals surface area contributed by atoms with E-state index >= 15 is 0 Å². The van der Waals surface area contributed by atoms with Crippen molar-refractivity contribution in [3.05, 3.63) is 41.3 Å². The second kappa shape index (κ2) is 7.23. The quantitative estimate of drug-likeness (QED) is 0.711. The van der Waals surface area contributed by atoms with E-state index in [4.69, 9.17) is 4.98 Å². The van der Waals surface area contributed by atoms with Crippen LogP contribution in [-0.2, 0) is 0 Å². The fourth-order valence-electron chi connectivity index (χ4n) is 3.28. The summed E-state index contributed by atoms with van der Waals surface area (Å²) < 4.78 is 0. The Morgan fingerprint density at radius 2 is 1.93 bits per heavy atom. The summed E-state index contributed by atoms with van der Waals surface area (Å²) in [4.78, 5) is 28.4. The van der Waals surface area contributed by atoms with Crippen molar-refractivity contribution < 1.29 is 4.79 Å². The first-order valence-corrected chi connectivity index (χ1v) is 10.3. The lowest BCUT2D eigenvalue weighted by atomic mass is 10.1. The van der Waals surface area contributed by atoms with Crippen molar-refractivity contribution in [1.82, 2.24) is 25.1 Å². The van der Waals surface area contributed by atoms with Gasteiger partial charge in [-0.1, -0.05) is 11.3 Å². The molecular weight excluding hydrogens is 374 g/mol. The summed E-state index contributed by atoms with van der Waals surface area (Å²) in [5.74, 6) is 0.893. The number of rotatable bonds is 5. The first-order valence-electron chi connectivity index (χ1n) is 9.45. The van der Waals surface area contributed by atoms with Gasteiger partial charge in [-0.15, -0.1) is 10.2 Å². The monoisotopic (exact) mass is 393 g/mol. The molecule has 1 saturated heterocycles. The lowest BCUT2D eigenvalue weighted by Crippen LogP contribution is -2.22. The highest BCUT2D eigenvalue weighted by Gasteiger charge is 2.28. The molecule has 0 bridgehead atoms. The predicted octanol–water partition coefficient (Wildman–Crippen LogP) is 3.12. The second-order valence-corrected chi connectivity index (χ2v) is 8.05. The number of carbonyl (C=O) groups is 1. The van der Waals surface area contributed by atoms with Gasteiger partial charge in [-0.2, -0.15) is 0 Å². The van der Waals surface area contributed by atoms with Crippen LogP contribution in [0.4, 0.5) is 11.1 Å². The molecule has 1 saturated carbocycles. The number of nitrogens with one attached hydrogen (secondary N) is 1. The molecule has 0 spiro atoms. The summed E-state index contributed by atoms with van der Waals surface area (Å²) in [6.07, 6.45) is 9.57. The van der Waals surface area contributed by atoms with Crippen molar-refractivity contribution in [1.29, 1.82) is 0 Å². The van der Waals surface area contributed by atoms with E-state index in [2.05, 4.69) is 30.4 Å². The molecule has 4 heterocycles. The van der Waals surface area contributed by atoms with Crippen LogP contribution in [0, 0.1) is 0 Å². The van der Waals surface area contributed by atoms with E-state index in [0.717, 1.165) is 49.3 Å². The minimum absolute atomic E-state index is 0.279. The Morgan fingerprint density at radius 1 is 1.14 bits per heavy atom. The Kier molecular flexibility index (Phi) is 4.44. The number of anilines is 2. The zero-order chi connectivity index (χ0) is 18.9. The van der Waals surface area contributed by atoms with Gasteiger partial charge in [0.05, 0.1) is 11.3 Å². The van der Waals surface area contributed by atoms with E-state index in [-0.39, 0.29) is 5.91 Å². The number of carbonyl (C=O) groups excluding carboxylic acids is 1. The van der Waals surface area contributed by atoms with Gasteiger partial charge in [-0.25, -0.2) is 9.97 Å². The molecule has 8 nitrogen and oxygen atoms in total. The smallest absolute Gasteiger partial charge is 0.261 e. The van der Waals surface area contributed by atoms with Crippen molar-refractivity contribution in [2.24, 2.45) is 0 Å². The van der Waals surface area contributed by atoms with Crippen LogP contribution in [0.5, 0.6) is 0 Å². The maximum absolute atomic E-state index is 13.0. The Hall–Kier alpha value is -2.94. The minimum Gasteiger partial charge on any atom is -0.341 e. The van der Waals surface area contributed by atoms with Gasteiger partial charge in [0.25, 0.3) is 5.91 Å². The third kappa shape index (κ3) is 3.45. The molecule has 142 valence electrons. The van der Waals surface area contributed by atoms with Crippen molar-refractivity contribution in [2.75, 3.05) is 23.3 Å². The minimum atomic E-state index is -0.279. The largest absolute Gasteiger partial charge is 0.341 e. The van der Waals surface area contributed by atoms with E-state index in [1.807, 2.05) is 12.1 Å². The first kappa shape index (κ1) is 17.2. The number of hydrogen-bond donors (Lipinski definition) is 1. The molecule has 1 amide bonds. The highest BCUT2D eigenvalue weighted by atomic mass is 32.1. The SMILES string of the molecule is O=C(Nc1nnc(C2CC2)s1)c1cnc(N2CCCC2)nc1-c1ccncc1. The molecule has 0 unspecified atom stereocenters. The van der Waals surface area contributed by atoms with E-state index in [1.165, 1.54) is 11.3 Å². The van der Waals surface area contributed by atoms with E-state index in [1.54, 1.807) is 18.6 Å².